The quantitative estimate of drug-likeness (QED) is 0.342. The molecule has 0 fully saturated rings. The number of nitrogens with two attached hydrogens (primary N) is 1. The topological polar surface area (TPSA) is 115 Å². The van der Waals surface area contributed by atoms with Crippen LogP contribution < -0.4 is 10.5 Å². The van der Waals surface area contributed by atoms with Crippen LogP contribution in [0.5, 0.6) is 0 Å². The maximum atomic E-state index is 12.0. The van der Waals surface area contributed by atoms with Crippen molar-refractivity contribution < 1.29 is 13.3 Å². The largest absolute Gasteiger partial charge is 0.393 e. The summed E-state index contributed by atoms with van der Waals surface area (Å²) in [6, 6.07) is 3.85. The van der Waals surface area contributed by atoms with E-state index in [1.807, 2.05) is 6.92 Å². The van der Waals surface area contributed by atoms with Gasteiger partial charge in [0.2, 0.25) is 10.0 Å². The minimum Gasteiger partial charge on any atom is -0.393 e. The Morgan fingerprint density at radius 3 is 2.63 bits per heavy atom. The lowest BCUT2D eigenvalue weighted by atomic mass is 10.3. The standard InChI is InChI=1S/C11H17N3O4S/c1-2-3-4-8-13-19(17,18)10-7-5-6-9(12)11(10)14(15)16/h5-7,13H,2-4,8,12H2,1H3. The molecule has 0 unspecified atom stereocenters. The third-order valence-electron chi connectivity index (χ3n) is 2.57. The Morgan fingerprint density at radius 2 is 2.05 bits per heavy atom. The van der Waals surface area contributed by atoms with Crippen molar-refractivity contribution in [2.45, 2.75) is 31.1 Å². The highest BCUT2D eigenvalue weighted by molar-refractivity contribution is 7.89. The number of anilines is 1. The number of benzene rings is 1. The van der Waals surface area contributed by atoms with Gasteiger partial charge in [-0.2, -0.15) is 0 Å². The SMILES string of the molecule is CCCCCNS(=O)(=O)c1cccc(N)c1[N+](=O)[O-]. The highest BCUT2D eigenvalue weighted by atomic mass is 32.2. The predicted octanol–water partition coefficient (Wildman–Crippen LogP) is 1.65. The first kappa shape index (κ1) is 15.4. The summed E-state index contributed by atoms with van der Waals surface area (Å²) in [7, 11) is -3.91. The summed E-state index contributed by atoms with van der Waals surface area (Å²) in [6.07, 6.45) is 2.54. The van der Waals surface area contributed by atoms with E-state index in [0.717, 1.165) is 12.8 Å². The molecule has 8 heteroatoms. The van der Waals surface area contributed by atoms with Gasteiger partial charge in [-0.05, 0) is 18.6 Å². The number of rotatable bonds is 7. The van der Waals surface area contributed by atoms with Gasteiger partial charge in [0.05, 0.1) is 4.92 Å². The van der Waals surface area contributed by atoms with Crippen molar-refractivity contribution in [1.29, 1.82) is 0 Å². The average molecular weight is 287 g/mol. The molecule has 0 aliphatic heterocycles. The highest BCUT2D eigenvalue weighted by Gasteiger charge is 2.27. The monoisotopic (exact) mass is 287 g/mol. The summed E-state index contributed by atoms with van der Waals surface area (Å²) in [4.78, 5) is 9.72. The Bertz CT molecular complexity index is 557. The molecule has 1 rings (SSSR count). The zero-order valence-corrected chi connectivity index (χ0v) is 11.4. The lowest BCUT2D eigenvalue weighted by Crippen LogP contribution is -2.25. The van der Waals surface area contributed by atoms with Crippen molar-refractivity contribution >= 4 is 21.4 Å². The maximum absolute atomic E-state index is 12.0. The zero-order valence-electron chi connectivity index (χ0n) is 10.6. The summed E-state index contributed by atoms with van der Waals surface area (Å²) in [6.45, 7) is 2.25. The number of nitro benzene ring substituents is 1. The van der Waals surface area contributed by atoms with Gasteiger partial charge in [0.1, 0.15) is 5.69 Å². The van der Waals surface area contributed by atoms with Crippen LogP contribution in [0.4, 0.5) is 11.4 Å². The van der Waals surface area contributed by atoms with Crippen molar-refractivity contribution in [2.24, 2.45) is 0 Å². The van der Waals surface area contributed by atoms with Crippen LogP contribution in [0.1, 0.15) is 26.2 Å². The fourth-order valence-electron chi connectivity index (χ4n) is 1.61. The second-order valence-electron chi connectivity index (χ2n) is 4.06. The van der Waals surface area contributed by atoms with Crippen LogP contribution in [-0.4, -0.2) is 19.9 Å². The van der Waals surface area contributed by atoms with Crippen LogP contribution in [0, 0.1) is 10.1 Å². The van der Waals surface area contributed by atoms with Crippen LogP contribution in [-0.2, 0) is 10.0 Å². The fourth-order valence-corrected chi connectivity index (χ4v) is 2.88. The van der Waals surface area contributed by atoms with E-state index < -0.39 is 25.5 Å². The third kappa shape index (κ3) is 3.90. The lowest BCUT2D eigenvalue weighted by Gasteiger charge is -2.08. The van der Waals surface area contributed by atoms with Crippen LogP contribution in [0.2, 0.25) is 0 Å². The maximum Gasteiger partial charge on any atom is 0.312 e. The number of nitrogen functional groups attached to an aromatic ring is 1. The Morgan fingerprint density at radius 1 is 1.37 bits per heavy atom. The van der Waals surface area contributed by atoms with Crippen LogP contribution in [0.3, 0.4) is 0 Å². The van der Waals surface area contributed by atoms with Crippen LogP contribution in [0.25, 0.3) is 0 Å². The number of unbranched alkanes of at least 4 members (excludes halogenated alkanes) is 2. The van der Waals surface area contributed by atoms with E-state index in [9.17, 15) is 18.5 Å². The molecule has 1 aromatic rings. The summed E-state index contributed by atoms with van der Waals surface area (Å²) >= 11 is 0. The first-order chi connectivity index (χ1) is 8.90. The van der Waals surface area contributed by atoms with Crippen molar-refractivity contribution in [3.63, 3.8) is 0 Å². The number of hydrogen-bond acceptors (Lipinski definition) is 5. The van der Waals surface area contributed by atoms with Crippen molar-refractivity contribution in [3.05, 3.63) is 28.3 Å². The van der Waals surface area contributed by atoms with E-state index in [4.69, 9.17) is 5.73 Å². The molecule has 0 bridgehead atoms. The number of nitrogens with one attached hydrogen (secondary N) is 1. The van der Waals surface area contributed by atoms with Gasteiger partial charge in [-0.1, -0.05) is 25.8 Å². The van der Waals surface area contributed by atoms with E-state index in [-0.39, 0.29) is 12.2 Å². The van der Waals surface area contributed by atoms with Crippen molar-refractivity contribution in [2.75, 3.05) is 12.3 Å². The van der Waals surface area contributed by atoms with Crippen LogP contribution >= 0.6 is 0 Å². The Balaban J connectivity index is 3.01. The normalized spacial score (nSPS) is 11.4. The molecule has 0 aromatic heterocycles. The van der Waals surface area contributed by atoms with E-state index >= 15 is 0 Å². The van der Waals surface area contributed by atoms with Gasteiger partial charge in [-0.25, -0.2) is 13.1 Å². The number of hydrogen-bond donors (Lipinski definition) is 2. The molecule has 0 atom stereocenters. The summed E-state index contributed by atoms with van der Waals surface area (Å²) < 4.78 is 26.3. The fraction of sp³-hybridized carbons (Fsp3) is 0.455. The molecule has 0 heterocycles. The van der Waals surface area contributed by atoms with E-state index in [1.54, 1.807) is 0 Å². The second-order valence-corrected chi connectivity index (χ2v) is 5.79. The number of nitrogens with zero attached hydrogens (tertiary/aromatic N) is 1. The summed E-state index contributed by atoms with van der Waals surface area (Å²) in [5.74, 6) is 0. The van der Waals surface area contributed by atoms with Gasteiger partial charge >= 0.3 is 5.69 Å². The minimum absolute atomic E-state index is 0.165. The molecule has 0 amide bonds. The highest BCUT2D eigenvalue weighted by Crippen LogP contribution is 2.29. The molecule has 0 spiro atoms. The zero-order chi connectivity index (χ0) is 14.5. The molecule has 0 radical (unpaired) electrons. The van der Waals surface area contributed by atoms with Gasteiger partial charge in [0.15, 0.2) is 4.90 Å². The molecule has 0 aliphatic rings. The summed E-state index contributed by atoms with van der Waals surface area (Å²) in [5, 5.41) is 10.9. The first-order valence-electron chi connectivity index (χ1n) is 5.92. The molecular weight excluding hydrogens is 270 g/mol. The lowest BCUT2D eigenvalue weighted by molar-refractivity contribution is -0.386. The molecule has 0 aliphatic carbocycles. The third-order valence-corrected chi connectivity index (χ3v) is 4.07. The number of sulfonamides is 1. The molecule has 3 N–H and O–H groups in total. The van der Waals surface area contributed by atoms with E-state index in [1.165, 1.54) is 18.2 Å². The van der Waals surface area contributed by atoms with Crippen molar-refractivity contribution in [3.8, 4) is 0 Å². The molecule has 0 saturated heterocycles. The summed E-state index contributed by atoms with van der Waals surface area (Å²) in [5.41, 5.74) is 4.72. The van der Waals surface area contributed by atoms with Gasteiger partial charge < -0.3 is 5.73 Å². The molecule has 19 heavy (non-hydrogen) atoms. The van der Waals surface area contributed by atoms with Gasteiger partial charge in [0.25, 0.3) is 0 Å². The molecule has 1 aromatic carbocycles. The second kappa shape index (κ2) is 6.48. The van der Waals surface area contributed by atoms with E-state index in [2.05, 4.69) is 4.72 Å². The number of para-hydroxylation sites is 1. The van der Waals surface area contributed by atoms with E-state index in [0.29, 0.717) is 6.42 Å². The Kier molecular flexibility index (Phi) is 5.25. The average Bonchev–Trinajstić information content (AvgIpc) is 2.34. The van der Waals surface area contributed by atoms with Gasteiger partial charge in [-0.3, -0.25) is 10.1 Å². The minimum atomic E-state index is -3.91. The van der Waals surface area contributed by atoms with Gasteiger partial charge in [0, 0.05) is 6.54 Å². The molecule has 106 valence electrons. The van der Waals surface area contributed by atoms with Crippen molar-refractivity contribution in [1.82, 2.24) is 4.72 Å². The Labute approximate surface area is 112 Å². The molecule has 0 saturated carbocycles. The smallest absolute Gasteiger partial charge is 0.312 e. The van der Waals surface area contributed by atoms with Crippen LogP contribution in [0.15, 0.2) is 23.1 Å². The number of nitro groups is 1. The molecule has 7 nitrogen and oxygen atoms in total. The van der Waals surface area contributed by atoms with Gasteiger partial charge in [-0.15, -0.1) is 0 Å². The Hall–Kier alpha value is -1.67. The first-order valence-corrected chi connectivity index (χ1v) is 7.41. The molecular formula is C11H17N3O4S. The predicted molar refractivity (Wildman–Crippen MR) is 72.2 cm³/mol.